The third-order valence-electron chi connectivity index (χ3n) is 2.64. The van der Waals surface area contributed by atoms with E-state index in [9.17, 15) is 0 Å². The van der Waals surface area contributed by atoms with E-state index in [1.807, 2.05) is 6.07 Å². The topological polar surface area (TPSA) is 49.2 Å². The molecule has 0 aliphatic carbocycles. The van der Waals surface area contributed by atoms with E-state index in [-0.39, 0.29) is 0 Å². The Kier molecular flexibility index (Phi) is 4.80. The van der Waals surface area contributed by atoms with Crippen molar-refractivity contribution in [3.8, 4) is 6.07 Å². The van der Waals surface area contributed by atoms with Gasteiger partial charge in [-0.3, -0.25) is 4.90 Å². The van der Waals surface area contributed by atoms with Crippen LogP contribution < -0.4 is 0 Å². The van der Waals surface area contributed by atoms with E-state index < -0.39 is 0 Å². The highest BCUT2D eigenvalue weighted by Crippen LogP contribution is 2.19. The van der Waals surface area contributed by atoms with Gasteiger partial charge in [-0.05, 0) is 12.1 Å². The van der Waals surface area contributed by atoms with Crippen molar-refractivity contribution < 1.29 is 4.74 Å². The van der Waals surface area contributed by atoms with Crippen LogP contribution in [0.2, 0.25) is 0 Å². The molecule has 1 saturated heterocycles. The largest absolute Gasteiger partial charge is 0.379 e. The monoisotopic (exact) mass is 249 g/mol. The zero-order chi connectivity index (χ0) is 11.9. The molecule has 0 spiro atoms. The molecule has 1 aromatic heterocycles. The number of rotatable bonds is 4. The van der Waals surface area contributed by atoms with E-state index in [0.29, 0.717) is 5.56 Å². The molecule has 0 amide bonds. The van der Waals surface area contributed by atoms with Crippen molar-refractivity contribution in [2.75, 3.05) is 38.6 Å². The van der Waals surface area contributed by atoms with Crippen molar-refractivity contribution in [2.45, 2.75) is 5.03 Å². The van der Waals surface area contributed by atoms with Crippen molar-refractivity contribution in [2.24, 2.45) is 0 Å². The lowest BCUT2D eigenvalue weighted by Gasteiger charge is -2.26. The van der Waals surface area contributed by atoms with E-state index in [0.717, 1.165) is 43.6 Å². The Morgan fingerprint density at radius 2 is 2.29 bits per heavy atom. The van der Waals surface area contributed by atoms with Crippen LogP contribution in [0.15, 0.2) is 23.4 Å². The van der Waals surface area contributed by atoms with Crippen LogP contribution in [0.3, 0.4) is 0 Å². The molecular weight excluding hydrogens is 234 g/mol. The molecule has 1 aliphatic rings. The summed E-state index contributed by atoms with van der Waals surface area (Å²) in [6.07, 6.45) is 1.73. The number of hydrogen-bond acceptors (Lipinski definition) is 5. The first-order chi connectivity index (χ1) is 8.40. The Balaban J connectivity index is 1.79. The normalized spacial score (nSPS) is 16.6. The van der Waals surface area contributed by atoms with Crippen molar-refractivity contribution in [3.05, 3.63) is 23.9 Å². The fraction of sp³-hybridized carbons (Fsp3) is 0.500. The Hall–Kier alpha value is -1.09. The van der Waals surface area contributed by atoms with Gasteiger partial charge >= 0.3 is 0 Å². The Morgan fingerprint density at radius 3 is 3.06 bits per heavy atom. The maximum atomic E-state index is 8.94. The summed E-state index contributed by atoms with van der Waals surface area (Å²) in [6.45, 7) is 4.70. The Bertz CT molecular complexity index is 399. The lowest BCUT2D eigenvalue weighted by molar-refractivity contribution is 0.0410. The minimum atomic E-state index is 0.666. The van der Waals surface area contributed by atoms with Crippen LogP contribution in [-0.2, 0) is 4.74 Å². The number of morpholine rings is 1. The van der Waals surface area contributed by atoms with Crippen molar-refractivity contribution >= 4 is 11.8 Å². The highest BCUT2D eigenvalue weighted by atomic mass is 32.2. The number of nitriles is 1. The molecule has 0 N–H and O–H groups in total. The van der Waals surface area contributed by atoms with E-state index in [1.165, 1.54) is 0 Å². The molecule has 5 heteroatoms. The first-order valence-electron chi connectivity index (χ1n) is 5.68. The van der Waals surface area contributed by atoms with Gasteiger partial charge in [0.1, 0.15) is 11.1 Å². The predicted molar refractivity (Wildman–Crippen MR) is 66.9 cm³/mol. The van der Waals surface area contributed by atoms with Crippen LogP contribution in [0.25, 0.3) is 0 Å². The van der Waals surface area contributed by atoms with E-state index in [1.54, 1.807) is 24.0 Å². The molecule has 0 unspecified atom stereocenters. The van der Waals surface area contributed by atoms with Crippen molar-refractivity contribution in [3.63, 3.8) is 0 Å². The first kappa shape index (κ1) is 12.4. The fourth-order valence-electron chi connectivity index (χ4n) is 1.69. The van der Waals surface area contributed by atoms with Crippen molar-refractivity contribution in [1.29, 1.82) is 5.26 Å². The van der Waals surface area contributed by atoms with Gasteiger partial charge in [0, 0.05) is 31.6 Å². The Morgan fingerprint density at radius 1 is 1.47 bits per heavy atom. The van der Waals surface area contributed by atoms with Crippen molar-refractivity contribution in [1.82, 2.24) is 9.88 Å². The molecular formula is C12H15N3OS. The maximum absolute atomic E-state index is 8.94. The van der Waals surface area contributed by atoms with Gasteiger partial charge in [0.05, 0.1) is 18.8 Å². The maximum Gasteiger partial charge on any atom is 0.114 e. The fourth-order valence-corrected chi connectivity index (χ4v) is 2.63. The smallest absolute Gasteiger partial charge is 0.114 e. The second kappa shape index (κ2) is 6.60. The van der Waals surface area contributed by atoms with Gasteiger partial charge in [0.25, 0.3) is 0 Å². The van der Waals surface area contributed by atoms with Crippen LogP contribution in [0, 0.1) is 11.3 Å². The van der Waals surface area contributed by atoms with Gasteiger partial charge in [0.2, 0.25) is 0 Å². The first-order valence-corrected chi connectivity index (χ1v) is 6.67. The van der Waals surface area contributed by atoms with Gasteiger partial charge in [-0.15, -0.1) is 11.8 Å². The number of aromatic nitrogens is 1. The molecule has 1 aliphatic heterocycles. The second-order valence-electron chi connectivity index (χ2n) is 3.77. The summed E-state index contributed by atoms with van der Waals surface area (Å²) in [7, 11) is 0. The highest BCUT2D eigenvalue weighted by Gasteiger charge is 2.10. The zero-order valence-corrected chi connectivity index (χ0v) is 10.4. The van der Waals surface area contributed by atoms with Crippen LogP contribution >= 0.6 is 11.8 Å². The van der Waals surface area contributed by atoms with Gasteiger partial charge in [-0.25, -0.2) is 4.98 Å². The lowest BCUT2D eigenvalue weighted by Crippen LogP contribution is -2.37. The van der Waals surface area contributed by atoms with E-state index in [2.05, 4.69) is 16.0 Å². The summed E-state index contributed by atoms with van der Waals surface area (Å²) in [5.74, 6) is 0.964. The lowest BCUT2D eigenvalue weighted by atomic mass is 10.3. The summed E-state index contributed by atoms with van der Waals surface area (Å²) >= 11 is 1.65. The molecule has 90 valence electrons. The molecule has 0 radical (unpaired) electrons. The SMILES string of the molecule is N#Cc1cccnc1SCCN1CCOCC1. The molecule has 2 heterocycles. The molecule has 1 fully saturated rings. The summed E-state index contributed by atoms with van der Waals surface area (Å²) in [4.78, 5) is 6.61. The molecule has 2 rings (SSSR count). The standard InChI is InChI=1S/C12H15N3OS/c13-10-11-2-1-3-14-12(11)17-9-6-15-4-7-16-8-5-15/h1-3H,4-9H2. The molecule has 4 nitrogen and oxygen atoms in total. The van der Waals surface area contributed by atoms with E-state index in [4.69, 9.17) is 10.00 Å². The summed E-state index contributed by atoms with van der Waals surface area (Å²) in [5.41, 5.74) is 0.666. The summed E-state index contributed by atoms with van der Waals surface area (Å²) in [5, 5.41) is 9.77. The minimum Gasteiger partial charge on any atom is -0.379 e. The molecule has 0 saturated carbocycles. The third-order valence-corrected chi connectivity index (χ3v) is 3.63. The van der Waals surface area contributed by atoms with Crippen LogP contribution in [0.4, 0.5) is 0 Å². The van der Waals surface area contributed by atoms with Crippen LogP contribution in [0.5, 0.6) is 0 Å². The molecule has 0 aromatic carbocycles. The number of pyridine rings is 1. The Labute approximate surface area is 106 Å². The second-order valence-corrected chi connectivity index (χ2v) is 4.85. The average molecular weight is 249 g/mol. The third kappa shape index (κ3) is 3.70. The summed E-state index contributed by atoms with van der Waals surface area (Å²) < 4.78 is 5.30. The van der Waals surface area contributed by atoms with Crippen LogP contribution in [0.1, 0.15) is 5.56 Å². The average Bonchev–Trinajstić information content (AvgIpc) is 2.40. The highest BCUT2D eigenvalue weighted by molar-refractivity contribution is 7.99. The summed E-state index contributed by atoms with van der Waals surface area (Å²) in [6, 6.07) is 5.77. The van der Waals surface area contributed by atoms with Gasteiger partial charge in [-0.2, -0.15) is 5.26 Å². The van der Waals surface area contributed by atoms with E-state index >= 15 is 0 Å². The molecule has 1 aromatic rings. The van der Waals surface area contributed by atoms with Gasteiger partial charge in [0.15, 0.2) is 0 Å². The number of thioether (sulfide) groups is 1. The van der Waals surface area contributed by atoms with Crippen LogP contribution in [-0.4, -0.2) is 48.5 Å². The minimum absolute atomic E-state index is 0.666. The number of ether oxygens (including phenoxy) is 1. The molecule has 0 bridgehead atoms. The van der Waals surface area contributed by atoms with Gasteiger partial charge < -0.3 is 4.74 Å². The molecule has 0 atom stereocenters. The molecule has 17 heavy (non-hydrogen) atoms. The number of hydrogen-bond donors (Lipinski definition) is 0. The van der Waals surface area contributed by atoms with Gasteiger partial charge in [-0.1, -0.05) is 0 Å². The zero-order valence-electron chi connectivity index (χ0n) is 9.63. The number of nitrogens with zero attached hydrogens (tertiary/aromatic N) is 3. The quantitative estimate of drug-likeness (QED) is 0.754. The predicted octanol–water partition coefficient (Wildman–Crippen LogP) is 1.38.